The molecular formula is C58H58BN3. The Kier molecular flexibility index (Phi) is 8.02. The summed E-state index contributed by atoms with van der Waals surface area (Å²) < 4.78 is 2.58. The van der Waals surface area contributed by atoms with Crippen molar-refractivity contribution in [1.29, 1.82) is 0 Å². The van der Waals surface area contributed by atoms with Crippen molar-refractivity contribution >= 4 is 95.3 Å². The normalized spacial score (nSPS) is 14.4. The minimum atomic E-state index is -0.0180. The molecule has 308 valence electrons. The van der Waals surface area contributed by atoms with E-state index in [1.165, 1.54) is 111 Å². The molecule has 0 amide bonds. The van der Waals surface area contributed by atoms with E-state index >= 15 is 0 Å². The van der Waals surface area contributed by atoms with Gasteiger partial charge in [-0.15, -0.1) is 0 Å². The summed E-state index contributed by atoms with van der Waals surface area (Å²) in [6, 6.07) is 52.0. The van der Waals surface area contributed by atoms with Crippen LogP contribution in [0.4, 0.5) is 34.1 Å². The Hall–Kier alpha value is -6.00. The van der Waals surface area contributed by atoms with E-state index in [2.05, 4.69) is 231 Å². The topological polar surface area (TPSA) is 10.9 Å². The van der Waals surface area contributed by atoms with Crippen LogP contribution in [0.2, 0.25) is 0 Å². The van der Waals surface area contributed by atoms with Gasteiger partial charge >= 0.3 is 0 Å². The third-order valence-electron chi connectivity index (χ3n) is 14.1. The van der Waals surface area contributed by atoms with Gasteiger partial charge in [0.1, 0.15) is 0 Å². The molecular weight excluding hydrogens is 749 g/mol. The number of benzene rings is 7. The summed E-state index contributed by atoms with van der Waals surface area (Å²) in [6.45, 7) is 28.0. The zero-order valence-corrected chi connectivity index (χ0v) is 38.6. The van der Waals surface area contributed by atoms with E-state index in [-0.39, 0.29) is 28.4 Å². The molecule has 4 heterocycles. The molecule has 0 radical (unpaired) electrons. The fourth-order valence-electron chi connectivity index (χ4n) is 10.6. The van der Waals surface area contributed by atoms with Crippen LogP contribution < -0.4 is 26.2 Å². The summed E-state index contributed by atoms with van der Waals surface area (Å²) in [5.41, 5.74) is 20.7. The highest BCUT2D eigenvalue weighted by molar-refractivity contribution is 7.00. The summed E-state index contributed by atoms with van der Waals surface area (Å²) in [5.74, 6) is 0. The van der Waals surface area contributed by atoms with Gasteiger partial charge in [0.15, 0.2) is 0 Å². The SMILES string of the molecule is CC(C)(C)c1ccc(N2c3ccc(C(C)(C)C)cc3B3c4cc5c6cc(C(C)(C)C)cc7c8cc(C(C)(C)C)ccc8n(c5cc4N(c4ccccc4)c4cccc2c43)c76)cc1. The molecule has 0 unspecified atom stereocenters. The van der Waals surface area contributed by atoms with Crippen molar-refractivity contribution in [2.75, 3.05) is 9.80 Å². The molecule has 3 nitrogen and oxygen atoms in total. The Morgan fingerprint density at radius 2 is 0.855 bits per heavy atom. The van der Waals surface area contributed by atoms with Crippen molar-refractivity contribution in [2.45, 2.75) is 105 Å². The first-order chi connectivity index (χ1) is 29.3. The molecule has 2 aliphatic heterocycles. The molecule has 62 heavy (non-hydrogen) atoms. The molecule has 7 aromatic carbocycles. The van der Waals surface area contributed by atoms with Gasteiger partial charge in [-0.2, -0.15) is 0 Å². The molecule has 0 aliphatic carbocycles. The largest absolute Gasteiger partial charge is 0.311 e. The molecule has 11 rings (SSSR count). The molecule has 9 aromatic rings. The summed E-state index contributed by atoms with van der Waals surface area (Å²) in [6.07, 6.45) is 0. The summed E-state index contributed by atoms with van der Waals surface area (Å²) >= 11 is 0. The lowest BCUT2D eigenvalue weighted by Gasteiger charge is -2.44. The Morgan fingerprint density at radius 3 is 1.47 bits per heavy atom. The molecule has 0 fully saturated rings. The molecule has 0 spiro atoms. The van der Waals surface area contributed by atoms with Gasteiger partial charge in [-0.25, -0.2) is 0 Å². The van der Waals surface area contributed by atoms with E-state index in [0.29, 0.717) is 0 Å². The molecule has 0 bridgehead atoms. The Balaban J connectivity index is 1.27. The third-order valence-corrected chi connectivity index (χ3v) is 14.1. The second kappa shape index (κ2) is 12.8. The van der Waals surface area contributed by atoms with Crippen molar-refractivity contribution in [3.8, 4) is 0 Å². The van der Waals surface area contributed by atoms with Crippen molar-refractivity contribution in [2.24, 2.45) is 0 Å². The second-order valence-corrected chi connectivity index (χ2v) is 22.4. The van der Waals surface area contributed by atoms with E-state index in [1.54, 1.807) is 0 Å². The first-order valence-electron chi connectivity index (χ1n) is 22.6. The average molecular weight is 808 g/mol. The number of para-hydroxylation sites is 1. The number of hydrogen-bond acceptors (Lipinski definition) is 2. The van der Waals surface area contributed by atoms with Crippen LogP contribution in [0.15, 0.2) is 133 Å². The zero-order chi connectivity index (χ0) is 43.4. The fourth-order valence-corrected chi connectivity index (χ4v) is 10.6. The third kappa shape index (κ3) is 5.64. The summed E-state index contributed by atoms with van der Waals surface area (Å²) in [7, 11) is 0. The van der Waals surface area contributed by atoms with Gasteiger partial charge in [0.05, 0.1) is 16.6 Å². The number of aromatic nitrogens is 1. The van der Waals surface area contributed by atoms with Crippen molar-refractivity contribution in [3.05, 3.63) is 156 Å². The van der Waals surface area contributed by atoms with Crippen LogP contribution in [0.1, 0.15) is 105 Å². The number of rotatable bonds is 2. The lowest BCUT2D eigenvalue weighted by atomic mass is 9.33. The van der Waals surface area contributed by atoms with E-state index in [4.69, 9.17) is 0 Å². The summed E-state index contributed by atoms with van der Waals surface area (Å²) in [4.78, 5) is 5.08. The lowest BCUT2D eigenvalue weighted by Crippen LogP contribution is -2.61. The average Bonchev–Trinajstić information content (AvgIpc) is 3.72. The van der Waals surface area contributed by atoms with Gasteiger partial charge in [-0.05, 0) is 133 Å². The van der Waals surface area contributed by atoms with Crippen LogP contribution in [-0.4, -0.2) is 11.1 Å². The van der Waals surface area contributed by atoms with E-state index in [9.17, 15) is 0 Å². The Bertz CT molecular complexity index is 3270. The maximum atomic E-state index is 2.59. The second-order valence-electron chi connectivity index (χ2n) is 22.4. The van der Waals surface area contributed by atoms with Crippen LogP contribution >= 0.6 is 0 Å². The van der Waals surface area contributed by atoms with E-state index in [1.807, 2.05) is 0 Å². The summed E-state index contributed by atoms with van der Waals surface area (Å²) in [5, 5.41) is 5.34. The van der Waals surface area contributed by atoms with Crippen molar-refractivity contribution < 1.29 is 0 Å². The standard InChI is InChI=1S/C58H58BN3/c1-55(2,3)35-21-25-40(26-22-35)60-48-28-24-37(57(7,8)9)32-45(48)59-46-33-42-44-31-38(58(10,11)12)30-43-41-29-36(56(4,5)6)23-27-47(41)62(54(43)44)51(42)34-52(46)61(39-17-14-13-15-18-39)50-20-16-19-49(60)53(50)59/h13-34H,1-12H3. The smallest absolute Gasteiger partial charge is 0.252 e. The molecule has 2 aliphatic rings. The predicted octanol–water partition coefficient (Wildman–Crippen LogP) is 14.1. The minimum absolute atomic E-state index is 0.0179. The maximum absolute atomic E-state index is 2.59. The first kappa shape index (κ1) is 38.9. The molecule has 0 atom stereocenters. The number of hydrogen-bond donors (Lipinski definition) is 0. The van der Waals surface area contributed by atoms with Crippen molar-refractivity contribution in [3.63, 3.8) is 0 Å². The number of anilines is 6. The Labute approximate surface area is 368 Å². The fraction of sp³-hybridized carbons (Fsp3) is 0.276. The predicted molar refractivity (Wildman–Crippen MR) is 270 cm³/mol. The van der Waals surface area contributed by atoms with E-state index in [0.717, 1.165) is 0 Å². The highest BCUT2D eigenvalue weighted by Crippen LogP contribution is 2.48. The number of nitrogens with zero attached hydrogens (tertiary/aromatic N) is 3. The molecule has 4 heteroatoms. The van der Waals surface area contributed by atoms with Crippen molar-refractivity contribution in [1.82, 2.24) is 4.40 Å². The van der Waals surface area contributed by atoms with Crippen LogP contribution in [-0.2, 0) is 21.7 Å². The van der Waals surface area contributed by atoms with Crippen LogP contribution in [0.3, 0.4) is 0 Å². The van der Waals surface area contributed by atoms with Gasteiger partial charge in [0.25, 0.3) is 6.71 Å². The zero-order valence-electron chi connectivity index (χ0n) is 38.6. The highest BCUT2D eigenvalue weighted by Gasteiger charge is 2.44. The van der Waals surface area contributed by atoms with Gasteiger partial charge < -0.3 is 14.2 Å². The number of fused-ring (bicyclic) bond motifs is 10. The first-order valence-corrected chi connectivity index (χ1v) is 22.6. The van der Waals surface area contributed by atoms with Crippen LogP contribution in [0.5, 0.6) is 0 Å². The van der Waals surface area contributed by atoms with Gasteiger partial charge in [0, 0.05) is 55.7 Å². The molecule has 0 saturated carbocycles. The van der Waals surface area contributed by atoms with Gasteiger partial charge in [-0.3, -0.25) is 0 Å². The van der Waals surface area contributed by atoms with Gasteiger partial charge in [-0.1, -0.05) is 144 Å². The lowest BCUT2D eigenvalue weighted by molar-refractivity contribution is 0.590. The van der Waals surface area contributed by atoms with E-state index < -0.39 is 0 Å². The van der Waals surface area contributed by atoms with Crippen LogP contribution in [0.25, 0.3) is 38.1 Å². The van der Waals surface area contributed by atoms with Gasteiger partial charge in [0.2, 0.25) is 0 Å². The van der Waals surface area contributed by atoms with Crippen LogP contribution in [0, 0.1) is 0 Å². The highest BCUT2D eigenvalue weighted by atomic mass is 15.2. The Morgan fingerprint density at radius 1 is 0.355 bits per heavy atom. The molecule has 0 saturated heterocycles. The maximum Gasteiger partial charge on any atom is 0.252 e. The minimum Gasteiger partial charge on any atom is -0.311 e. The quantitative estimate of drug-likeness (QED) is 0.161. The molecule has 2 aromatic heterocycles. The monoisotopic (exact) mass is 807 g/mol. The molecule has 0 N–H and O–H groups in total.